The van der Waals surface area contributed by atoms with Gasteiger partial charge in [0.05, 0.1) is 47.5 Å². The van der Waals surface area contributed by atoms with Crippen LogP contribution in [-0.4, -0.2) is 52.7 Å². The second kappa shape index (κ2) is 13.8. The molecule has 11 heteroatoms. The number of fused-ring (bicyclic) bond motifs is 1. The van der Waals surface area contributed by atoms with Gasteiger partial charge in [-0.1, -0.05) is 12.8 Å². The van der Waals surface area contributed by atoms with E-state index in [-0.39, 0.29) is 18.1 Å². The molecule has 0 aliphatic heterocycles. The van der Waals surface area contributed by atoms with E-state index >= 15 is 0 Å². The highest BCUT2D eigenvalue weighted by molar-refractivity contribution is 6.08. The Morgan fingerprint density at radius 2 is 1.41 bits per heavy atom. The molecule has 0 saturated heterocycles. The standard InChI is InChI=1S/C33H36N2O8.ClH/c1-38-25-16-23-24(17-26(25)43-18-19-8-6-7-9-19)32(36)35(22-12-10-21(34)11-13-22)30(33(37)42-5)29(23)20-14-27(39-2)31(41-4)28(15-20)40-3;/h10-17,19H,6-9,18,34H2,1-5H3;1H. The van der Waals surface area contributed by atoms with E-state index in [9.17, 15) is 9.59 Å². The lowest BCUT2D eigenvalue weighted by molar-refractivity contribution is 0.0591. The van der Waals surface area contributed by atoms with Crippen molar-refractivity contribution in [1.82, 2.24) is 4.57 Å². The molecular formula is C33H37ClN2O8. The van der Waals surface area contributed by atoms with Crippen LogP contribution in [0.25, 0.3) is 27.6 Å². The monoisotopic (exact) mass is 624 g/mol. The topological polar surface area (TPSA) is 120 Å². The van der Waals surface area contributed by atoms with Crippen molar-refractivity contribution >= 4 is 34.8 Å². The highest BCUT2D eigenvalue weighted by atomic mass is 35.5. The molecule has 0 atom stereocenters. The lowest BCUT2D eigenvalue weighted by Gasteiger charge is -2.22. The van der Waals surface area contributed by atoms with Crippen molar-refractivity contribution in [1.29, 1.82) is 0 Å². The molecule has 1 fully saturated rings. The highest BCUT2D eigenvalue weighted by Crippen LogP contribution is 2.45. The fraction of sp³-hybridized carbons (Fsp3) is 0.333. The molecule has 44 heavy (non-hydrogen) atoms. The number of carbonyl (C=O) groups excluding carboxylic acids is 1. The lowest BCUT2D eigenvalue weighted by Crippen LogP contribution is -2.27. The van der Waals surface area contributed by atoms with Crippen LogP contribution in [0.4, 0.5) is 5.69 Å². The fourth-order valence-corrected chi connectivity index (χ4v) is 5.74. The summed E-state index contributed by atoms with van der Waals surface area (Å²) in [5, 5.41) is 0.770. The Hall–Kier alpha value is -4.57. The van der Waals surface area contributed by atoms with Gasteiger partial charge in [0, 0.05) is 22.3 Å². The molecule has 1 saturated carbocycles. The second-order valence-corrected chi connectivity index (χ2v) is 10.4. The van der Waals surface area contributed by atoms with Gasteiger partial charge in [-0.2, -0.15) is 0 Å². The summed E-state index contributed by atoms with van der Waals surface area (Å²) in [6.07, 6.45) is 4.58. The fourth-order valence-electron chi connectivity index (χ4n) is 5.74. The second-order valence-electron chi connectivity index (χ2n) is 10.4. The molecule has 0 amide bonds. The van der Waals surface area contributed by atoms with Crippen LogP contribution >= 0.6 is 12.4 Å². The van der Waals surface area contributed by atoms with Crippen LogP contribution in [0.3, 0.4) is 0 Å². The van der Waals surface area contributed by atoms with E-state index in [4.69, 9.17) is 34.2 Å². The first-order valence-electron chi connectivity index (χ1n) is 14.0. The first kappa shape index (κ1) is 32.3. The number of esters is 1. The van der Waals surface area contributed by atoms with Crippen molar-refractivity contribution in [3.8, 4) is 45.6 Å². The third kappa shape index (κ3) is 5.94. The molecule has 0 radical (unpaired) electrons. The Kier molecular flexibility index (Phi) is 10.2. The highest BCUT2D eigenvalue weighted by Gasteiger charge is 2.28. The summed E-state index contributed by atoms with van der Waals surface area (Å²) in [5.41, 5.74) is 7.38. The maximum absolute atomic E-state index is 14.4. The first-order valence-corrected chi connectivity index (χ1v) is 14.0. The molecule has 1 aliphatic carbocycles. The Balaban J connectivity index is 0.00000442. The molecule has 0 unspecified atom stereocenters. The minimum absolute atomic E-state index is 0. The maximum atomic E-state index is 14.4. The number of ether oxygens (including phenoxy) is 6. The van der Waals surface area contributed by atoms with Crippen molar-refractivity contribution in [3.05, 3.63) is 64.6 Å². The summed E-state index contributed by atoms with van der Waals surface area (Å²) >= 11 is 0. The van der Waals surface area contributed by atoms with E-state index in [1.54, 1.807) is 55.6 Å². The van der Waals surface area contributed by atoms with E-state index in [2.05, 4.69) is 0 Å². The van der Waals surface area contributed by atoms with Gasteiger partial charge in [-0.25, -0.2) is 4.79 Å². The summed E-state index contributed by atoms with van der Waals surface area (Å²) in [7, 11) is 7.33. The van der Waals surface area contributed by atoms with Crippen molar-refractivity contribution in [2.45, 2.75) is 25.7 Å². The molecule has 2 N–H and O–H groups in total. The molecule has 10 nitrogen and oxygen atoms in total. The van der Waals surface area contributed by atoms with Gasteiger partial charge in [0.15, 0.2) is 23.0 Å². The molecule has 234 valence electrons. The number of nitrogens with two attached hydrogens (primary N) is 1. The van der Waals surface area contributed by atoms with Crippen LogP contribution in [0.5, 0.6) is 28.7 Å². The van der Waals surface area contributed by atoms with Crippen molar-refractivity contribution in [3.63, 3.8) is 0 Å². The zero-order valence-electron chi connectivity index (χ0n) is 25.4. The van der Waals surface area contributed by atoms with E-state index in [1.165, 1.54) is 45.8 Å². The SMILES string of the molecule is COC(=O)c1c(-c2cc(OC)c(OC)c(OC)c2)c2cc(OC)c(OCC3CCCC3)cc2c(=O)n1-c1ccc(N)cc1.Cl. The number of hydrogen-bond donors (Lipinski definition) is 1. The number of methoxy groups -OCH3 is 5. The van der Waals surface area contributed by atoms with Crippen molar-refractivity contribution in [2.75, 3.05) is 47.9 Å². The van der Waals surface area contributed by atoms with Crippen LogP contribution in [0.15, 0.2) is 53.3 Å². The molecule has 5 rings (SSSR count). The number of halogens is 1. The molecular weight excluding hydrogens is 588 g/mol. The van der Waals surface area contributed by atoms with Gasteiger partial charge < -0.3 is 34.2 Å². The number of carbonyl (C=O) groups is 1. The summed E-state index contributed by atoms with van der Waals surface area (Å²) in [6.45, 7) is 0.522. The Bertz CT molecular complexity index is 1690. The van der Waals surface area contributed by atoms with E-state index in [0.29, 0.717) is 74.5 Å². The zero-order chi connectivity index (χ0) is 30.7. The quantitative estimate of drug-likeness (QED) is 0.166. The minimum Gasteiger partial charge on any atom is -0.493 e. The zero-order valence-corrected chi connectivity index (χ0v) is 26.2. The van der Waals surface area contributed by atoms with E-state index < -0.39 is 11.5 Å². The number of rotatable bonds is 10. The molecule has 1 aromatic heterocycles. The number of hydrogen-bond acceptors (Lipinski definition) is 9. The molecule has 0 spiro atoms. The van der Waals surface area contributed by atoms with Gasteiger partial charge >= 0.3 is 5.97 Å². The number of anilines is 1. The predicted octanol–water partition coefficient (Wildman–Crippen LogP) is 6.05. The average molecular weight is 625 g/mol. The van der Waals surface area contributed by atoms with Crippen molar-refractivity contribution < 1.29 is 33.2 Å². The average Bonchev–Trinajstić information content (AvgIpc) is 3.56. The predicted molar refractivity (Wildman–Crippen MR) is 172 cm³/mol. The Morgan fingerprint density at radius 1 is 0.818 bits per heavy atom. The molecule has 4 aromatic rings. The van der Waals surface area contributed by atoms with E-state index in [1.807, 2.05) is 0 Å². The summed E-state index contributed by atoms with van der Waals surface area (Å²) in [6, 6.07) is 13.5. The first-order chi connectivity index (χ1) is 20.8. The van der Waals surface area contributed by atoms with Gasteiger partial charge in [-0.05, 0) is 72.9 Å². The minimum atomic E-state index is -0.722. The largest absolute Gasteiger partial charge is 0.493 e. The Morgan fingerprint density at radius 3 is 1.95 bits per heavy atom. The van der Waals surface area contributed by atoms with E-state index in [0.717, 1.165) is 12.8 Å². The van der Waals surface area contributed by atoms with Crippen molar-refractivity contribution in [2.24, 2.45) is 5.92 Å². The number of pyridine rings is 1. The van der Waals surface area contributed by atoms with Gasteiger partial charge in [0.2, 0.25) is 5.75 Å². The van der Waals surface area contributed by atoms with Crippen LogP contribution in [0.2, 0.25) is 0 Å². The van der Waals surface area contributed by atoms with Crippen LogP contribution in [0, 0.1) is 5.92 Å². The van der Waals surface area contributed by atoms with Crippen LogP contribution in [0.1, 0.15) is 36.2 Å². The Labute approximate surface area is 262 Å². The van der Waals surface area contributed by atoms with Gasteiger partial charge in [0.1, 0.15) is 5.69 Å². The van der Waals surface area contributed by atoms with Crippen LogP contribution < -0.4 is 35.0 Å². The number of nitrogens with zero attached hydrogens (tertiary/aromatic N) is 1. The molecule has 1 aliphatic rings. The van der Waals surface area contributed by atoms with Gasteiger partial charge in [-0.15, -0.1) is 12.4 Å². The normalized spacial score (nSPS) is 12.8. The van der Waals surface area contributed by atoms with Gasteiger partial charge in [-0.3, -0.25) is 9.36 Å². The third-order valence-electron chi connectivity index (χ3n) is 7.90. The smallest absolute Gasteiger partial charge is 0.355 e. The lowest BCUT2D eigenvalue weighted by atomic mass is 9.95. The molecule has 0 bridgehead atoms. The summed E-state index contributed by atoms with van der Waals surface area (Å²) in [4.78, 5) is 28.0. The van der Waals surface area contributed by atoms with Gasteiger partial charge in [0.25, 0.3) is 5.56 Å². The number of aromatic nitrogens is 1. The molecule has 1 heterocycles. The third-order valence-corrected chi connectivity index (χ3v) is 7.90. The number of benzene rings is 3. The summed E-state index contributed by atoms with van der Waals surface area (Å²) in [5.74, 6) is 1.72. The van der Waals surface area contributed by atoms with Crippen LogP contribution in [-0.2, 0) is 4.74 Å². The maximum Gasteiger partial charge on any atom is 0.355 e. The summed E-state index contributed by atoms with van der Waals surface area (Å²) < 4.78 is 35.4. The molecule has 3 aromatic carbocycles. The number of nitrogen functional groups attached to an aromatic ring is 1.